The fraction of sp³-hybridized carbons (Fsp3) is 0.222. The van der Waals surface area contributed by atoms with Crippen molar-refractivity contribution in [2.24, 2.45) is 5.73 Å². The molecule has 3 rings (SSSR count). The second-order valence-corrected chi connectivity index (χ2v) is 5.77. The van der Waals surface area contributed by atoms with E-state index in [9.17, 15) is 9.59 Å². The molecule has 0 unspecified atom stereocenters. The van der Waals surface area contributed by atoms with Crippen molar-refractivity contribution in [3.05, 3.63) is 58.7 Å². The van der Waals surface area contributed by atoms with Crippen LogP contribution in [-0.4, -0.2) is 25.3 Å². The lowest BCUT2D eigenvalue weighted by Gasteiger charge is -2.13. The number of nitrogens with two attached hydrogens (primary N) is 1. The normalized spacial score (nSPS) is 12.7. The number of nitrogens with one attached hydrogen (secondary N) is 3. The van der Waals surface area contributed by atoms with Gasteiger partial charge in [0.05, 0.1) is 11.1 Å². The van der Waals surface area contributed by atoms with Gasteiger partial charge in [0.25, 0.3) is 11.8 Å². The van der Waals surface area contributed by atoms with Crippen LogP contribution >= 0.6 is 0 Å². The maximum atomic E-state index is 11.8. The highest BCUT2D eigenvalue weighted by Gasteiger charge is 2.26. The lowest BCUT2D eigenvalue weighted by atomic mass is 10.1. The molecule has 0 aliphatic carbocycles. The Morgan fingerprint density at radius 3 is 2.62 bits per heavy atom. The first kappa shape index (κ1) is 17.9. The largest absolute Gasteiger partial charge is 0.381 e. The number of benzene rings is 2. The van der Waals surface area contributed by atoms with Crippen molar-refractivity contribution in [2.75, 3.05) is 24.1 Å². The Hall–Kier alpha value is -2.94. The predicted octanol–water partition coefficient (Wildman–Crippen LogP) is 1.72. The van der Waals surface area contributed by atoms with Crippen LogP contribution in [0.4, 0.5) is 11.4 Å². The molecule has 0 spiro atoms. The summed E-state index contributed by atoms with van der Waals surface area (Å²) in [5, 5.41) is 8.69. The minimum Gasteiger partial charge on any atom is -0.381 e. The van der Waals surface area contributed by atoms with Gasteiger partial charge in [0.15, 0.2) is 6.73 Å². The van der Waals surface area contributed by atoms with Crippen molar-refractivity contribution in [1.29, 1.82) is 0 Å². The van der Waals surface area contributed by atoms with Crippen LogP contribution in [0.15, 0.2) is 36.4 Å². The van der Waals surface area contributed by atoms with Crippen LogP contribution in [0.2, 0.25) is 0 Å². The first-order valence-electron chi connectivity index (χ1n) is 8.10. The van der Waals surface area contributed by atoms with Crippen molar-refractivity contribution in [1.82, 2.24) is 5.32 Å². The molecular weight excluding hydrogens is 336 g/mol. The summed E-state index contributed by atoms with van der Waals surface area (Å²) in [6.45, 7) is 2.68. The zero-order valence-corrected chi connectivity index (χ0v) is 14.3. The molecule has 1 aliphatic rings. The average molecular weight is 356 g/mol. The number of hydrogen-bond donors (Lipinski definition) is 4. The van der Waals surface area contributed by atoms with Gasteiger partial charge in [-0.25, -0.2) is 9.78 Å². The lowest BCUT2D eigenvalue weighted by Crippen LogP contribution is -2.19. The Kier molecular flexibility index (Phi) is 5.47. The number of hydrogen-bond acceptors (Lipinski definition) is 7. The lowest BCUT2D eigenvalue weighted by molar-refractivity contribution is -0.288. The van der Waals surface area contributed by atoms with Gasteiger partial charge < -0.3 is 16.4 Å². The van der Waals surface area contributed by atoms with Crippen LogP contribution in [0.25, 0.3) is 0 Å². The van der Waals surface area contributed by atoms with Gasteiger partial charge in [0, 0.05) is 17.9 Å². The molecule has 0 atom stereocenters. The molecule has 26 heavy (non-hydrogen) atoms. The van der Waals surface area contributed by atoms with Gasteiger partial charge in [-0.2, -0.15) is 0 Å². The summed E-state index contributed by atoms with van der Waals surface area (Å²) in [4.78, 5) is 32.8. The van der Waals surface area contributed by atoms with Crippen LogP contribution < -0.4 is 21.7 Å². The van der Waals surface area contributed by atoms with Gasteiger partial charge in [-0.3, -0.25) is 14.9 Å². The molecular formula is C18H20N4O4. The highest BCUT2D eigenvalue weighted by molar-refractivity contribution is 6.21. The number of aryl methyl sites for hydroxylation is 1. The molecule has 0 bridgehead atoms. The molecule has 2 aromatic rings. The maximum absolute atomic E-state index is 11.8. The zero-order chi connectivity index (χ0) is 18.5. The van der Waals surface area contributed by atoms with E-state index in [1.54, 1.807) is 12.1 Å². The molecule has 1 heterocycles. The summed E-state index contributed by atoms with van der Waals surface area (Å²) in [5.74, 6) is -0.700. The number of carbonyl (C=O) groups excluding carboxylic acids is 2. The van der Waals surface area contributed by atoms with Crippen LogP contribution in [0.1, 0.15) is 31.8 Å². The van der Waals surface area contributed by atoms with E-state index in [-0.39, 0.29) is 25.3 Å². The number of anilines is 2. The number of imide groups is 1. The van der Waals surface area contributed by atoms with E-state index >= 15 is 0 Å². The van der Waals surface area contributed by atoms with Crippen molar-refractivity contribution in [3.63, 3.8) is 0 Å². The molecule has 5 N–H and O–H groups in total. The molecule has 8 nitrogen and oxygen atoms in total. The third-order valence-corrected chi connectivity index (χ3v) is 4.01. The van der Waals surface area contributed by atoms with E-state index in [0.29, 0.717) is 17.7 Å². The molecule has 8 heteroatoms. The summed E-state index contributed by atoms with van der Waals surface area (Å²) in [6, 6.07) is 11.1. The zero-order valence-electron chi connectivity index (χ0n) is 14.3. The van der Waals surface area contributed by atoms with Crippen molar-refractivity contribution in [2.45, 2.75) is 13.5 Å². The minimum absolute atomic E-state index is 0.00716. The monoisotopic (exact) mass is 356 g/mol. The summed E-state index contributed by atoms with van der Waals surface area (Å²) in [7, 11) is 0. The molecule has 0 aromatic heterocycles. The van der Waals surface area contributed by atoms with Gasteiger partial charge >= 0.3 is 0 Å². The minimum atomic E-state index is -0.353. The molecule has 2 aromatic carbocycles. The Morgan fingerprint density at radius 2 is 1.81 bits per heavy atom. The Labute approximate surface area is 150 Å². The van der Waals surface area contributed by atoms with E-state index in [2.05, 4.69) is 20.8 Å². The standard InChI is InChI=1S/C18H20N4O4/c1-11-2-4-13(21-10-26-25-9-19)7-16(11)20-8-12-3-5-14-15(6-12)18(24)22-17(14)23/h2-7,20-21H,8-10,19H2,1H3,(H,22,23,24). The number of fused-ring (bicyclic) bond motifs is 1. The van der Waals surface area contributed by atoms with E-state index in [1.807, 2.05) is 31.2 Å². The first-order valence-corrected chi connectivity index (χ1v) is 8.10. The van der Waals surface area contributed by atoms with Crippen molar-refractivity contribution < 1.29 is 19.4 Å². The molecule has 0 radical (unpaired) electrons. The van der Waals surface area contributed by atoms with Crippen LogP contribution in [0.5, 0.6) is 0 Å². The van der Waals surface area contributed by atoms with Crippen LogP contribution in [0, 0.1) is 6.92 Å². The summed E-state index contributed by atoms with van der Waals surface area (Å²) in [5.41, 5.74) is 9.78. The summed E-state index contributed by atoms with van der Waals surface area (Å²) < 4.78 is 0. The third-order valence-electron chi connectivity index (χ3n) is 4.01. The smallest absolute Gasteiger partial charge is 0.258 e. The summed E-state index contributed by atoms with van der Waals surface area (Å²) >= 11 is 0. The molecule has 0 fully saturated rings. The number of amides is 2. The molecule has 136 valence electrons. The van der Waals surface area contributed by atoms with Crippen molar-refractivity contribution >= 4 is 23.2 Å². The van der Waals surface area contributed by atoms with Gasteiger partial charge in [-0.05, 0) is 42.3 Å². The van der Waals surface area contributed by atoms with Gasteiger partial charge in [-0.15, -0.1) is 0 Å². The Balaban J connectivity index is 1.65. The Bertz CT molecular complexity index is 838. The van der Waals surface area contributed by atoms with Gasteiger partial charge in [0.1, 0.15) is 6.73 Å². The second kappa shape index (κ2) is 7.96. The fourth-order valence-corrected chi connectivity index (χ4v) is 2.65. The number of carbonyl (C=O) groups is 2. The molecule has 1 aliphatic heterocycles. The average Bonchev–Trinajstić information content (AvgIpc) is 2.92. The quantitative estimate of drug-likeness (QED) is 0.187. The Morgan fingerprint density at radius 1 is 1.00 bits per heavy atom. The highest BCUT2D eigenvalue weighted by Crippen LogP contribution is 2.22. The van der Waals surface area contributed by atoms with Crippen molar-refractivity contribution in [3.8, 4) is 0 Å². The van der Waals surface area contributed by atoms with E-state index in [0.717, 1.165) is 22.5 Å². The molecule has 0 saturated heterocycles. The molecule has 2 amide bonds. The second-order valence-electron chi connectivity index (χ2n) is 5.77. The topological polar surface area (TPSA) is 115 Å². The molecule has 0 saturated carbocycles. The van der Waals surface area contributed by atoms with Crippen LogP contribution in [-0.2, 0) is 16.3 Å². The SMILES string of the molecule is Cc1ccc(NCOOCN)cc1NCc1ccc2c(c1)C(=O)NC2=O. The van der Waals surface area contributed by atoms with E-state index in [1.165, 1.54) is 0 Å². The fourth-order valence-electron chi connectivity index (χ4n) is 2.65. The third kappa shape index (κ3) is 3.99. The highest BCUT2D eigenvalue weighted by atomic mass is 17.2. The number of rotatable bonds is 8. The van der Waals surface area contributed by atoms with E-state index in [4.69, 9.17) is 10.6 Å². The first-order chi connectivity index (χ1) is 12.6. The van der Waals surface area contributed by atoms with Gasteiger partial charge in [-0.1, -0.05) is 12.1 Å². The van der Waals surface area contributed by atoms with Crippen LogP contribution in [0.3, 0.4) is 0 Å². The van der Waals surface area contributed by atoms with E-state index < -0.39 is 0 Å². The maximum Gasteiger partial charge on any atom is 0.258 e. The summed E-state index contributed by atoms with van der Waals surface area (Å²) in [6.07, 6.45) is 0. The predicted molar refractivity (Wildman–Crippen MR) is 96.5 cm³/mol. The van der Waals surface area contributed by atoms with Gasteiger partial charge in [0.2, 0.25) is 0 Å².